The maximum Gasteiger partial charge on any atom is 0.273 e. The Morgan fingerprint density at radius 1 is 1.15 bits per heavy atom. The lowest BCUT2D eigenvalue weighted by atomic mass is 10.2. The molecule has 0 bridgehead atoms. The van der Waals surface area contributed by atoms with E-state index in [4.69, 9.17) is 9.84 Å². The topological polar surface area (TPSA) is 72.6 Å². The number of halogens is 2. The molecule has 1 N–H and O–H groups in total. The molecule has 0 atom stereocenters. The van der Waals surface area contributed by atoms with Gasteiger partial charge in [-0.25, -0.2) is 0 Å². The van der Waals surface area contributed by atoms with Gasteiger partial charge in [0.1, 0.15) is 11.5 Å². The van der Waals surface area contributed by atoms with E-state index in [0.717, 1.165) is 5.56 Å². The molecule has 0 saturated carbocycles. The Labute approximate surface area is 131 Å². The molecule has 0 amide bonds. The predicted molar refractivity (Wildman–Crippen MR) is 80.9 cm³/mol. The number of nitro benzene ring substituents is 1. The Balaban J connectivity index is 2.32. The number of nitrogens with zero attached hydrogens (tertiary/aromatic N) is 1. The molecule has 0 heterocycles. The highest BCUT2D eigenvalue weighted by Crippen LogP contribution is 2.34. The third-order valence-corrected chi connectivity index (χ3v) is 3.94. The Kier molecular flexibility index (Phi) is 4.74. The van der Waals surface area contributed by atoms with E-state index in [9.17, 15) is 10.1 Å². The molecule has 0 aliphatic carbocycles. The highest BCUT2D eigenvalue weighted by Gasteiger charge is 2.12. The van der Waals surface area contributed by atoms with Gasteiger partial charge in [0.15, 0.2) is 0 Å². The molecule has 0 radical (unpaired) electrons. The molecule has 0 aromatic heterocycles. The lowest BCUT2D eigenvalue weighted by molar-refractivity contribution is -0.384. The van der Waals surface area contributed by atoms with Crippen LogP contribution in [0.15, 0.2) is 45.3 Å². The molecular formula is C13H9Br2NO4. The first-order valence-corrected chi connectivity index (χ1v) is 7.11. The summed E-state index contributed by atoms with van der Waals surface area (Å²) in [6.45, 7) is -0.0820. The van der Waals surface area contributed by atoms with Gasteiger partial charge in [-0.05, 0) is 39.7 Å². The van der Waals surface area contributed by atoms with Gasteiger partial charge < -0.3 is 9.84 Å². The van der Waals surface area contributed by atoms with E-state index < -0.39 is 4.92 Å². The average Bonchev–Trinajstić information content (AvgIpc) is 2.41. The van der Waals surface area contributed by atoms with E-state index in [0.29, 0.717) is 20.4 Å². The van der Waals surface area contributed by atoms with Crippen LogP contribution in [0.4, 0.5) is 5.69 Å². The number of ether oxygens (including phenoxy) is 1. The van der Waals surface area contributed by atoms with E-state index in [2.05, 4.69) is 31.9 Å². The molecule has 2 rings (SSSR count). The molecule has 5 nitrogen and oxygen atoms in total. The number of aliphatic hydroxyl groups excluding tert-OH is 1. The third kappa shape index (κ3) is 3.36. The van der Waals surface area contributed by atoms with Crippen LogP contribution in [0, 0.1) is 10.1 Å². The summed E-state index contributed by atoms with van der Waals surface area (Å²) in [6.07, 6.45) is 0. The third-order valence-electron chi connectivity index (χ3n) is 2.55. The molecule has 104 valence electrons. The van der Waals surface area contributed by atoms with Crippen molar-refractivity contribution in [3.63, 3.8) is 0 Å². The number of rotatable bonds is 4. The summed E-state index contributed by atoms with van der Waals surface area (Å²) in [7, 11) is 0. The molecule has 0 aliphatic heterocycles. The highest BCUT2D eigenvalue weighted by atomic mass is 79.9. The summed E-state index contributed by atoms with van der Waals surface area (Å²) in [4.78, 5) is 10.3. The summed E-state index contributed by atoms with van der Waals surface area (Å²) in [5, 5.41) is 19.8. The van der Waals surface area contributed by atoms with Crippen molar-refractivity contribution >= 4 is 37.5 Å². The van der Waals surface area contributed by atoms with Gasteiger partial charge in [-0.15, -0.1) is 0 Å². The van der Waals surface area contributed by atoms with Crippen LogP contribution in [0.25, 0.3) is 0 Å². The van der Waals surface area contributed by atoms with Gasteiger partial charge in [-0.2, -0.15) is 0 Å². The Morgan fingerprint density at radius 3 is 2.50 bits per heavy atom. The summed E-state index contributed by atoms with van der Waals surface area (Å²) < 4.78 is 6.94. The summed E-state index contributed by atoms with van der Waals surface area (Å²) in [5.74, 6) is 0.859. The highest BCUT2D eigenvalue weighted by molar-refractivity contribution is 9.10. The zero-order valence-corrected chi connectivity index (χ0v) is 13.2. The quantitative estimate of drug-likeness (QED) is 0.607. The monoisotopic (exact) mass is 401 g/mol. The minimum absolute atomic E-state index is 0.0470. The Hall–Kier alpha value is -1.44. The van der Waals surface area contributed by atoms with E-state index in [1.54, 1.807) is 24.3 Å². The van der Waals surface area contributed by atoms with Gasteiger partial charge in [0.25, 0.3) is 5.69 Å². The molecule has 0 saturated heterocycles. The second-order valence-corrected chi connectivity index (χ2v) is 5.59. The fraction of sp³-hybridized carbons (Fsp3) is 0.0769. The minimum Gasteiger partial charge on any atom is -0.456 e. The first-order valence-electron chi connectivity index (χ1n) is 5.52. The Bertz CT molecular complexity index is 661. The van der Waals surface area contributed by atoms with Gasteiger partial charge in [0, 0.05) is 10.5 Å². The fourth-order valence-corrected chi connectivity index (χ4v) is 2.34. The average molecular weight is 403 g/mol. The second kappa shape index (κ2) is 6.34. The zero-order valence-electron chi connectivity index (χ0n) is 10.0. The van der Waals surface area contributed by atoms with Crippen LogP contribution in [0.5, 0.6) is 11.5 Å². The maximum absolute atomic E-state index is 10.8. The smallest absolute Gasteiger partial charge is 0.273 e. The fourth-order valence-electron chi connectivity index (χ4n) is 1.53. The second-order valence-electron chi connectivity index (χ2n) is 3.89. The number of aliphatic hydroxyl groups is 1. The largest absolute Gasteiger partial charge is 0.456 e. The van der Waals surface area contributed by atoms with Crippen LogP contribution in [-0.2, 0) is 6.61 Å². The lowest BCUT2D eigenvalue weighted by Crippen LogP contribution is -1.92. The zero-order chi connectivity index (χ0) is 14.7. The molecule has 7 heteroatoms. The Morgan fingerprint density at radius 2 is 1.90 bits per heavy atom. The van der Waals surface area contributed by atoms with Gasteiger partial charge in [-0.1, -0.05) is 22.0 Å². The summed E-state index contributed by atoms with van der Waals surface area (Å²) in [6, 6.07) is 9.38. The van der Waals surface area contributed by atoms with Gasteiger partial charge in [-0.3, -0.25) is 10.1 Å². The van der Waals surface area contributed by atoms with Crippen LogP contribution in [0.1, 0.15) is 5.56 Å². The van der Waals surface area contributed by atoms with E-state index in [1.807, 2.05) is 0 Å². The SMILES string of the molecule is O=[N+]([O-])c1ccc(Br)c(Oc2ccc(CO)c(Br)c2)c1. The molecule has 0 aliphatic rings. The summed E-state index contributed by atoms with van der Waals surface area (Å²) >= 11 is 6.60. The molecule has 2 aromatic rings. The first-order chi connectivity index (χ1) is 9.51. The van der Waals surface area contributed by atoms with E-state index in [1.165, 1.54) is 12.1 Å². The minimum atomic E-state index is -0.482. The predicted octanol–water partition coefficient (Wildman–Crippen LogP) is 4.40. The molecule has 2 aromatic carbocycles. The van der Waals surface area contributed by atoms with Crippen molar-refractivity contribution in [3.05, 3.63) is 61.0 Å². The molecule has 0 spiro atoms. The number of nitro groups is 1. The van der Waals surface area contributed by atoms with Crippen molar-refractivity contribution in [1.29, 1.82) is 0 Å². The van der Waals surface area contributed by atoms with Crippen molar-refractivity contribution in [2.75, 3.05) is 0 Å². The number of hydrogen-bond donors (Lipinski definition) is 1. The first kappa shape index (κ1) is 15.0. The normalized spacial score (nSPS) is 10.3. The van der Waals surface area contributed by atoms with Gasteiger partial charge >= 0.3 is 0 Å². The maximum atomic E-state index is 10.8. The standard InChI is InChI=1S/C13H9Br2NO4/c14-11-4-2-9(16(18)19)5-13(11)20-10-3-1-8(7-17)12(15)6-10/h1-6,17H,7H2. The number of hydrogen-bond acceptors (Lipinski definition) is 4. The molecule has 0 unspecified atom stereocenters. The van der Waals surface area contributed by atoms with Crippen LogP contribution in [-0.4, -0.2) is 10.0 Å². The van der Waals surface area contributed by atoms with Gasteiger partial charge in [0.2, 0.25) is 0 Å². The van der Waals surface area contributed by atoms with Crippen molar-refractivity contribution < 1.29 is 14.8 Å². The molecular weight excluding hydrogens is 394 g/mol. The summed E-state index contributed by atoms with van der Waals surface area (Å²) in [5.41, 5.74) is 0.685. The molecule has 20 heavy (non-hydrogen) atoms. The number of benzene rings is 2. The number of non-ortho nitro benzene ring substituents is 1. The van der Waals surface area contributed by atoms with Crippen molar-refractivity contribution in [1.82, 2.24) is 0 Å². The van der Waals surface area contributed by atoms with E-state index >= 15 is 0 Å². The van der Waals surface area contributed by atoms with Crippen LogP contribution in [0.2, 0.25) is 0 Å². The van der Waals surface area contributed by atoms with E-state index in [-0.39, 0.29) is 12.3 Å². The van der Waals surface area contributed by atoms with Gasteiger partial charge in [0.05, 0.1) is 22.1 Å². The van der Waals surface area contributed by atoms with Crippen molar-refractivity contribution in [2.24, 2.45) is 0 Å². The van der Waals surface area contributed by atoms with Crippen LogP contribution < -0.4 is 4.74 Å². The lowest BCUT2D eigenvalue weighted by Gasteiger charge is -2.09. The van der Waals surface area contributed by atoms with Crippen LogP contribution in [0.3, 0.4) is 0 Å². The van der Waals surface area contributed by atoms with Crippen LogP contribution >= 0.6 is 31.9 Å². The molecule has 0 fully saturated rings. The van der Waals surface area contributed by atoms with Crippen molar-refractivity contribution in [3.8, 4) is 11.5 Å². The van der Waals surface area contributed by atoms with Crippen molar-refractivity contribution in [2.45, 2.75) is 6.61 Å².